The molecule has 2 rings (SSSR count). The van der Waals surface area contributed by atoms with Gasteiger partial charge in [-0.25, -0.2) is 8.78 Å². The van der Waals surface area contributed by atoms with Gasteiger partial charge >= 0.3 is 6.18 Å². The van der Waals surface area contributed by atoms with Crippen molar-refractivity contribution >= 4 is 5.78 Å². The van der Waals surface area contributed by atoms with E-state index in [2.05, 4.69) is 0 Å². The number of carbonyl (C=O) groups excluding carboxylic acids is 1. The minimum atomic E-state index is -4.48. The second-order valence-electron chi connectivity index (χ2n) is 4.41. The van der Waals surface area contributed by atoms with Crippen LogP contribution in [0.4, 0.5) is 22.0 Å². The third kappa shape index (κ3) is 3.65. The van der Waals surface area contributed by atoms with E-state index in [0.717, 1.165) is 36.4 Å². The van der Waals surface area contributed by atoms with E-state index in [9.17, 15) is 26.7 Å². The molecule has 0 saturated heterocycles. The van der Waals surface area contributed by atoms with Crippen LogP contribution >= 0.6 is 0 Å². The van der Waals surface area contributed by atoms with E-state index >= 15 is 0 Å². The average Bonchev–Trinajstić information content (AvgIpc) is 2.41. The molecular weight excluding hydrogens is 291 g/mol. The lowest BCUT2D eigenvalue weighted by molar-refractivity contribution is -0.137. The number of benzene rings is 2. The van der Waals surface area contributed by atoms with Crippen LogP contribution in [0.15, 0.2) is 42.5 Å². The van der Waals surface area contributed by atoms with E-state index in [0.29, 0.717) is 6.07 Å². The molecule has 2 aromatic rings. The molecule has 0 spiro atoms. The van der Waals surface area contributed by atoms with E-state index in [1.54, 1.807) is 0 Å². The number of alkyl halides is 3. The first-order valence-corrected chi connectivity index (χ1v) is 5.92. The SMILES string of the molecule is O=C(Cc1ccc(F)cc1F)c1ccc(C(F)(F)F)cc1. The van der Waals surface area contributed by atoms with Crippen molar-refractivity contribution in [1.82, 2.24) is 0 Å². The molecule has 0 aliphatic carbocycles. The number of carbonyl (C=O) groups is 1. The van der Waals surface area contributed by atoms with Crippen LogP contribution in [0.3, 0.4) is 0 Å². The molecule has 110 valence electrons. The second-order valence-corrected chi connectivity index (χ2v) is 4.41. The van der Waals surface area contributed by atoms with Gasteiger partial charge in [0.25, 0.3) is 0 Å². The Bertz CT molecular complexity index is 659. The molecule has 0 bridgehead atoms. The van der Waals surface area contributed by atoms with E-state index in [1.807, 2.05) is 0 Å². The third-order valence-electron chi connectivity index (χ3n) is 2.90. The highest BCUT2D eigenvalue weighted by Gasteiger charge is 2.30. The molecule has 0 aromatic heterocycles. The van der Waals surface area contributed by atoms with Gasteiger partial charge in [-0.05, 0) is 23.8 Å². The van der Waals surface area contributed by atoms with Gasteiger partial charge in [0.1, 0.15) is 11.6 Å². The van der Waals surface area contributed by atoms with Crippen LogP contribution < -0.4 is 0 Å². The summed E-state index contributed by atoms with van der Waals surface area (Å²) in [6, 6.07) is 6.43. The van der Waals surface area contributed by atoms with Gasteiger partial charge in [0.05, 0.1) is 5.56 Å². The fourth-order valence-corrected chi connectivity index (χ4v) is 1.79. The average molecular weight is 300 g/mol. The molecular formula is C15H9F5O. The highest BCUT2D eigenvalue weighted by Crippen LogP contribution is 2.29. The van der Waals surface area contributed by atoms with Crippen molar-refractivity contribution in [2.45, 2.75) is 12.6 Å². The summed E-state index contributed by atoms with van der Waals surface area (Å²) < 4.78 is 63.3. The Morgan fingerprint density at radius 1 is 0.952 bits per heavy atom. The third-order valence-corrected chi connectivity index (χ3v) is 2.90. The second kappa shape index (κ2) is 5.63. The molecule has 21 heavy (non-hydrogen) atoms. The number of hydrogen-bond donors (Lipinski definition) is 0. The lowest BCUT2D eigenvalue weighted by Crippen LogP contribution is -2.08. The molecule has 0 saturated carbocycles. The van der Waals surface area contributed by atoms with Gasteiger partial charge in [-0.3, -0.25) is 4.79 Å². The summed E-state index contributed by atoms with van der Waals surface area (Å²) in [7, 11) is 0. The first-order chi connectivity index (χ1) is 9.77. The van der Waals surface area contributed by atoms with Gasteiger partial charge in [0, 0.05) is 18.1 Å². The Hall–Kier alpha value is -2.24. The summed E-state index contributed by atoms with van der Waals surface area (Å²) in [5.41, 5.74) is -0.847. The summed E-state index contributed by atoms with van der Waals surface area (Å²) in [5, 5.41) is 0. The number of hydrogen-bond acceptors (Lipinski definition) is 1. The highest BCUT2D eigenvalue weighted by atomic mass is 19.4. The zero-order valence-corrected chi connectivity index (χ0v) is 10.5. The fraction of sp³-hybridized carbons (Fsp3) is 0.133. The molecule has 0 fully saturated rings. The Morgan fingerprint density at radius 3 is 2.10 bits per heavy atom. The lowest BCUT2D eigenvalue weighted by Gasteiger charge is -2.07. The maximum absolute atomic E-state index is 13.4. The van der Waals surface area contributed by atoms with E-state index < -0.39 is 29.2 Å². The minimum absolute atomic E-state index is 0.0127. The molecule has 0 radical (unpaired) electrons. The normalized spacial score (nSPS) is 11.5. The van der Waals surface area contributed by atoms with Crippen molar-refractivity contribution < 1.29 is 26.7 Å². The summed E-state index contributed by atoms with van der Waals surface area (Å²) in [6.07, 6.45) is -4.83. The quantitative estimate of drug-likeness (QED) is 0.606. The smallest absolute Gasteiger partial charge is 0.294 e. The Balaban J connectivity index is 2.17. The van der Waals surface area contributed by atoms with Crippen LogP contribution in [-0.4, -0.2) is 5.78 Å². The van der Waals surface area contributed by atoms with E-state index in [-0.39, 0.29) is 17.5 Å². The number of halogens is 5. The van der Waals surface area contributed by atoms with Crippen molar-refractivity contribution in [3.05, 3.63) is 70.8 Å². The maximum atomic E-state index is 13.4. The van der Waals surface area contributed by atoms with Gasteiger partial charge in [-0.1, -0.05) is 18.2 Å². The monoisotopic (exact) mass is 300 g/mol. The summed E-state index contributed by atoms with van der Waals surface area (Å²) >= 11 is 0. The van der Waals surface area contributed by atoms with Crippen LogP contribution in [0.25, 0.3) is 0 Å². The Labute approximate surface area is 117 Å². The molecule has 0 heterocycles. The standard InChI is InChI=1S/C15H9F5O/c16-12-6-3-10(13(17)8-12)7-14(21)9-1-4-11(5-2-9)15(18,19)20/h1-6,8H,7H2. The highest BCUT2D eigenvalue weighted by molar-refractivity contribution is 5.97. The van der Waals surface area contributed by atoms with E-state index in [1.165, 1.54) is 0 Å². The molecule has 2 aromatic carbocycles. The van der Waals surface area contributed by atoms with Crippen molar-refractivity contribution in [3.8, 4) is 0 Å². The van der Waals surface area contributed by atoms with E-state index in [4.69, 9.17) is 0 Å². The summed E-state index contributed by atoms with van der Waals surface area (Å²) in [6.45, 7) is 0. The predicted molar refractivity (Wildman–Crippen MR) is 65.8 cm³/mol. The molecule has 0 aliphatic heterocycles. The first-order valence-electron chi connectivity index (χ1n) is 5.92. The van der Waals surface area contributed by atoms with Crippen LogP contribution in [0.5, 0.6) is 0 Å². The molecule has 0 amide bonds. The fourth-order valence-electron chi connectivity index (χ4n) is 1.79. The topological polar surface area (TPSA) is 17.1 Å². The van der Waals surface area contributed by atoms with Gasteiger partial charge in [-0.15, -0.1) is 0 Å². The van der Waals surface area contributed by atoms with Gasteiger partial charge < -0.3 is 0 Å². The molecule has 0 unspecified atom stereocenters. The molecule has 6 heteroatoms. The number of ketones is 1. The zero-order chi connectivity index (χ0) is 15.6. The minimum Gasteiger partial charge on any atom is -0.294 e. The summed E-state index contributed by atoms with van der Waals surface area (Å²) in [5.74, 6) is -2.18. The summed E-state index contributed by atoms with van der Waals surface area (Å²) in [4.78, 5) is 11.9. The Kier molecular flexibility index (Phi) is 4.06. The molecule has 0 atom stereocenters. The van der Waals surface area contributed by atoms with Crippen LogP contribution in [0.2, 0.25) is 0 Å². The molecule has 1 nitrogen and oxygen atoms in total. The van der Waals surface area contributed by atoms with Gasteiger partial charge in [0.15, 0.2) is 5.78 Å². The van der Waals surface area contributed by atoms with Crippen LogP contribution in [-0.2, 0) is 12.6 Å². The van der Waals surface area contributed by atoms with Crippen LogP contribution in [0, 0.1) is 11.6 Å². The van der Waals surface area contributed by atoms with Crippen LogP contribution in [0.1, 0.15) is 21.5 Å². The van der Waals surface area contributed by atoms with Gasteiger partial charge in [-0.2, -0.15) is 13.2 Å². The maximum Gasteiger partial charge on any atom is 0.416 e. The van der Waals surface area contributed by atoms with Crippen molar-refractivity contribution in [2.75, 3.05) is 0 Å². The van der Waals surface area contributed by atoms with Crippen molar-refractivity contribution in [3.63, 3.8) is 0 Å². The number of rotatable bonds is 3. The largest absolute Gasteiger partial charge is 0.416 e. The molecule has 0 N–H and O–H groups in total. The van der Waals surface area contributed by atoms with Crippen molar-refractivity contribution in [1.29, 1.82) is 0 Å². The zero-order valence-electron chi connectivity index (χ0n) is 10.5. The lowest BCUT2D eigenvalue weighted by atomic mass is 10.0. The van der Waals surface area contributed by atoms with Gasteiger partial charge in [0.2, 0.25) is 0 Å². The first kappa shape index (κ1) is 15.2. The predicted octanol–water partition coefficient (Wildman–Crippen LogP) is 4.41. The van der Waals surface area contributed by atoms with Crippen molar-refractivity contribution in [2.24, 2.45) is 0 Å². The Morgan fingerprint density at radius 2 is 1.57 bits per heavy atom. The number of Topliss-reactive ketones (excluding diaryl/α,β-unsaturated/α-hetero) is 1. The molecule has 0 aliphatic rings.